The molecule has 0 bridgehead atoms. The fourth-order valence-corrected chi connectivity index (χ4v) is 4.32. The van der Waals surface area contributed by atoms with Gasteiger partial charge in [-0.3, -0.25) is 4.72 Å². The molecule has 0 amide bonds. The van der Waals surface area contributed by atoms with Gasteiger partial charge in [-0.1, -0.05) is 23.5 Å². The van der Waals surface area contributed by atoms with Crippen LogP contribution in [0.3, 0.4) is 0 Å². The number of nitrogens with one attached hydrogen (secondary N) is 2. The molecule has 0 aliphatic carbocycles. The molecule has 3 N–H and O–H groups in total. The number of hydrogen-bond donors (Lipinski definition) is 3. The van der Waals surface area contributed by atoms with Gasteiger partial charge in [0.1, 0.15) is 0 Å². The summed E-state index contributed by atoms with van der Waals surface area (Å²) in [5.41, 5.74) is 2.83. The van der Waals surface area contributed by atoms with Crippen LogP contribution in [0.1, 0.15) is 18.7 Å². The van der Waals surface area contributed by atoms with E-state index in [1.807, 2.05) is 12.1 Å². The second kappa shape index (κ2) is 9.61. The first-order valence-corrected chi connectivity index (χ1v) is 11.5. The maximum absolute atomic E-state index is 9.75. The van der Waals surface area contributed by atoms with E-state index in [-0.39, 0.29) is 6.61 Å². The summed E-state index contributed by atoms with van der Waals surface area (Å²) >= 11 is 4.82. The maximum Gasteiger partial charge on any atom is 0.188 e. The average Bonchev–Trinajstić information content (AvgIpc) is 3.10. The third-order valence-corrected chi connectivity index (χ3v) is 6.52. The zero-order valence-electron chi connectivity index (χ0n) is 15.5. The number of aliphatic hydroxyl groups excluding tert-OH is 1. The van der Waals surface area contributed by atoms with Crippen LogP contribution in [-0.2, 0) is 6.61 Å². The lowest BCUT2D eigenvalue weighted by Crippen LogP contribution is -2.13. The molecule has 0 radical (unpaired) electrons. The smallest absolute Gasteiger partial charge is 0.188 e. The van der Waals surface area contributed by atoms with Crippen LogP contribution in [0.25, 0.3) is 11.3 Å². The van der Waals surface area contributed by atoms with Crippen molar-refractivity contribution in [3.8, 4) is 11.3 Å². The quantitative estimate of drug-likeness (QED) is 0.319. The lowest BCUT2D eigenvalue weighted by Gasteiger charge is -2.07. The van der Waals surface area contributed by atoms with Crippen molar-refractivity contribution in [2.45, 2.75) is 36.3 Å². The molecular weight excluding hydrogens is 394 g/mol. The van der Waals surface area contributed by atoms with Gasteiger partial charge in [-0.2, -0.15) is 0 Å². The summed E-state index contributed by atoms with van der Waals surface area (Å²) in [6, 6.07) is 16.9. The summed E-state index contributed by atoms with van der Waals surface area (Å²) in [6.07, 6.45) is 2.06. The van der Waals surface area contributed by atoms with Gasteiger partial charge >= 0.3 is 0 Å². The SMILES string of the molecule is CSc1ccc(Nc2nc(-c3ccc(SNC(C)C)cc3)c(CO)s2)cc1. The molecule has 7 heteroatoms. The Balaban J connectivity index is 1.77. The van der Waals surface area contributed by atoms with Crippen molar-refractivity contribution in [3.05, 3.63) is 53.4 Å². The Morgan fingerprint density at radius 2 is 1.70 bits per heavy atom. The number of hydrogen-bond acceptors (Lipinski definition) is 7. The molecular formula is C20H23N3OS3. The van der Waals surface area contributed by atoms with Gasteiger partial charge in [0, 0.05) is 27.1 Å². The van der Waals surface area contributed by atoms with Gasteiger partial charge in [-0.15, -0.1) is 11.8 Å². The predicted octanol–water partition coefficient (Wildman–Crippen LogP) is 5.77. The number of aliphatic hydroxyl groups is 1. The Kier molecular flexibility index (Phi) is 7.20. The molecule has 27 heavy (non-hydrogen) atoms. The van der Waals surface area contributed by atoms with E-state index in [2.05, 4.69) is 66.5 Å². The second-order valence-electron chi connectivity index (χ2n) is 6.20. The molecule has 4 nitrogen and oxygen atoms in total. The minimum absolute atomic E-state index is 0.0223. The van der Waals surface area contributed by atoms with Crippen molar-refractivity contribution in [1.29, 1.82) is 0 Å². The topological polar surface area (TPSA) is 57.2 Å². The van der Waals surface area contributed by atoms with Crippen LogP contribution in [0, 0.1) is 0 Å². The van der Waals surface area contributed by atoms with Crippen molar-refractivity contribution in [2.24, 2.45) is 0 Å². The van der Waals surface area contributed by atoms with Crippen LogP contribution in [-0.4, -0.2) is 22.4 Å². The Morgan fingerprint density at radius 1 is 1.04 bits per heavy atom. The summed E-state index contributed by atoms with van der Waals surface area (Å²) in [5, 5.41) is 13.9. The van der Waals surface area contributed by atoms with E-state index in [0.29, 0.717) is 6.04 Å². The van der Waals surface area contributed by atoms with Gasteiger partial charge in [0.25, 0.3) is 0 Å². The first kappa shape index (κ1) is 20.2. The van der Waals surface area contributed by atoms with Crippen LogP contribution in [0.2, 0.25) is 0 Å². The van der Waals surface area contributed by atoms with E-state index >= 15 is 0 Å². The number of thiazole rings is 1. The van der Waals surface area contributed by atoms with Crippen LogP contribution >= 0.6 is 35.0 Å². The number of rotatable bonds is 8. The van der Waals surface area contributed by atoms with Gasteiger partial charge in [0.15, 0.2) is 5.13 Å². The monoisotopic (exact) mass is 417 g/mol. The first-order valence-electron chi connectivity index (χ1n) is 8.63. The summed E-state index contributed by atoms with van der Waals surface area (Å²) in [6.45, 7) is 4.21. The Bertz CT molecular complexity index is 861. The summed E-state index contributed by atoms with van der Waals surface area (Å²) in [7, 11) is 0. The lowest BCUT2D eigenvalue weighted by atomic mass is 10.1. The van der Waals surface area contributed by atoms with Crippen LogP contribution in [0.4, 0.5) is 10.8 Å². The minimum atomic E-state index is -0.0223. The summed E-state index contributed by atoms with van der Waals surface area (Å²) in [5.74, 6) is 0. The zero-order chi connectivity index (χ0) is 19.2. The summed E-state index contributed by atoms with van der Waals surface area (Å²) in [4.78, 5) is 7.95. The highest BCUT2D eigenvalue weighted by molar-refractivity contribution is 7.98. The third-order valence-electron chi connectivity index (χ3n) is 3.72. The van der Waals surface area contributed by atoms with E-state index < -0.39 is 0 Å². The number of benzene rings is 2. The van der Waals surface area contributed by atoms with E-state index in [1.165, 1.54) is 16.2 Å². The zero-order valence-corrected chi connectivity index (χ0v) is 18.0. The van der Waals surface area contributed by atoms with E-state index in [0.717, 1.165) is 31.8 Å². The fraction of sp³-hybridized carbons (Fsp3) is 0.250. The highest BCUT2D eigenvalue weighted by Crippen LogP contribution is 2.33. The molecule has 1 heterocycles. The van der Waals surface area contributed by atoms with Crippen LogP contribution < -0.4 is 10.0 Å². The molecule has 0 saturated carbocycles. The molecule has 3 aromatic rings. The first-order chi connectivity index (χ1) is 13.1. The minimum Gasteiger partial charge on any atom is -0.391 e. The fourth-order valence-electron chi connectivity index (χ4n) is 2.40. The molecule has 0 unspecified atom stereocenters. The molecule has 0 spiro atoms. The standard InChI is InChI=1S/C20H23N3OS3/c1-13(2)23-27-17-8-4-14(5-9-17)19-18(12-24)26-20(22-19)21-15-6-10-16(25-3)11-7-15/h4-11,13,23-24H,12H2,1-3H3,(H,21,22). The van der Waals surface area contributed by atoms with E-state index in [1.54, 1.807) is 23.7 Å². The lowest BCUT2D eigenvalue weighted by molar-refractivity contribution is 0.286. The van der Waals surface area contributed by atoms with Gasteiger partial charge in [-0.25, -0.2) is 4.98 Å². The van der Waals surface area contributed by atoms with Gasteiger partial charge in [0.05, 0.1) is 17.2 Å². The second-order valence-corrected chi connectivity index (χ2v) is 9.08. The maximum atomic E-state index is 9.75. The highest BCUT2D eigenvalue weighted by Gasteiger charge is 2.13. The normalized spacial score (nSPS) is 11.1. The van der Waals surface area contributed by atoms with Gasteiger partial charge in [-0.05, 0) is 68.4 Å². The third kappa shape index (κ3) is 5.49. The van der Waals surface area contributed by atoms with Crippen molar-refractivity contribution < 1.29 is 5.11 Å². The van der Waals surface area contributed by atoms with E-state index in [4.69, 9.17) is 4.98 Å². The molecule has 0 aliphatic rings. The Labute approximate surface area is 173 Å². The van der Waals surface area contributed by atoms with Crippen LogP contribution in [0.15, 0.2) is 58.3 Å². The molecule has 2 aromatic carbocycles. The number of aromatic nitrogens is 1. The molecule has 0 aliphatic heterocycles. The van der Waals surface area contributed by atoms with Gasteiger partial charge in [0.2, 0.25) is 0 Å². The Morgan fingerprint density at radius 3 is 2.30 bits per heavy atom. The number of thioether (sulfide) groups is 1. The molecule has 0 atom stereocenters. The van der Waals surface area contributed by atoms with Crippen LogP contribution in [0.5, 0.6) is 0 Å². The van der Waals surface area contributed by atoms with Crippen molar-refractivity contribution >= 4 is 45.9 Å². The Hall–Kier alpha value is -1.51. The highest BCUT2D eigenvalue weighted by atomic mass is 32.2. The van der Waals surface area contributed by atoms with Crippen molar-refractivity contribution in [3.63, 3.8) is 0 Å². The number of nitrogens with zero attached hydrogens (tertiary/aromatic N) is 1. The average molecular weight is 418 g/mol. The molecule has 142 valence electrons. The number of anilines is 2. The van der Waals surface area contributed by atoms with Crippen molar-refractivity contribution in [2.75, 3.05) is 11.6 Å². The molecule has 3 rings (SSSR count). The molecule has 1 aromatic heterocycles. The molecule has 0 saturated heterocycles. The van der Waals surface area contributed by atoms with Crippen molar-refractivity contribution in [1.82, 2.24) is 9.71 Å². The molecule has 0 fully saturated rings. The largest absolute Gasteiger partial charge is 0.391 e. The van der Waals surface area contributed by atoms with Gasteiger partial charge < -0.3 is 10.4 Å². The predicted molar refractivity (Wildman–Crippen MR) is 119 cm³/mol. The summed E-state index contributed by atoms with van der Waals surface area (Å²) < 4.78 is 3.33. The van der Waals surface area contributed by atoms with E-state index in [9.17, 15) is 5.11 Å².